The average molecular weight is 395 g/mol. The van der Waals surface area contributed by atoms with Gasteiger partial charge < -0.3 is 9.88 Å². The number of amides is 1. The molecule has 0 spiro atoms. The van der Waals surface area contributed by atoms with Crippen molar-refractivity contribution >= 4 is 35.0 Å². The zero-order chi connectivity index (χ0) is 18.7. The number of nitrogens with zero attached hydrogens (tertiary/aromatic N) is 3. The van der Waals surface area contributed by atoms with Gasteiger partial charge in [0.25, 0.3) is 0 Å². The molecule has 0 aliphatic carbocycles. The number of hydrogen-bond donors (Lipinski definition) is 1. The first-order chi connectivity index (χ1) is 12.5. The van der Waals surface area contributed by atoms with Crippen molar-refractivity contribution in [2.24, 2.45) is 7.05 Å². The molecule has 0 unspecified atom stereocenters. The highest BCUT2D eigenvalue weighted by atomic mass is 35.5. The van der Waals surface area contributed by atoms with Gasteiger partial charge in [0.2, 0.25) is 5.91 Å². The number of thioether (sulfide) groups is 1. The van der Waals surface area contributed by atoms with Gasteiger partial charge in [0.05, 0.1) is 16.5 Å². The molecule has 0 aliphatic heterocycles. The SMILES string of the molecule is Cn1c(SCC(=O)Nc2cc(F)ccc2F)nnc1-c1ccccc1Cl. The van der Waals surface area contributed by atoms with Crippen LogP contribution < -0.4 is 5.32 Å². The highest BCUT2D eigenvalue weighted by Crippen LogP contribution is 2.28. The Labute approximate surface area is 157 Å². The molecule has 3 aromatic rings. The second kappa shape index (κ2) is 7.84. The summed E-state index contributed by atoms with van der Waals surface area (Å²) < 4.78 is 28.4. The standard InChI is InChI=1S/C17H13ClF2N4OS/c1-24-16(11-4-2-3-5-12(11)18)22-23-17(24)26-9-15(25)21-14-8-10(19)6-7-13(14)20/h2-8H,9H2,1H3,(H,21,25). The summed E-state index contributed by atoms with van der Waals surface area (Å²) in [5.74, 6) is -1.29. The molecule has 2 aromatic carbocycles. The number of nitrogens with one attached hydrogen (secondary N) is 1. The van der Waals surface area contributed by atoms with Crippen molar-refractivity contribution in [3.8, 4) is 11.4 Å². The van der Waals surface area contributed by atoms with Gasteiger partial charge in [0.15, 0.2) is 11.0 Å². The molecule has 5 nitrogen and oxygen atoms in total. The van der Waals surface area contributed by atoms with Gasteiger partial charge >= 0.3 is 0 Å². The Morgan fingerprint density at radius 1 is 1.23 bits per heavy atom. The van der Waals surface area contributed by atoms with Gasteiger partial charge in [-0.05, 0) is 24.3 Å². The van der Waals surface area contributed by atoms with Crippen LogP contribution in [-0.2, 0) is 11.8 Å². The number of rotatable bonds is 5. The molecule has 0 saturated carbocycles. The second-order valence-electron chi connectivity index (χ2n) is 5.31. The lowest BCUT2D eigenvalue weighted by atomic mass is 10.2. The lowest BCUT2D eigenvalue weighted by Gasteiger charge is -2.07. The first kappa shape index (κ1) is 18.3. The average Bonchev–Trinajstić information content (AvgIpc) is 2.97. The number of anilines is 1. The van der Waals surface area contributed by atoms with Crippen LogP contribution in [0.3, 0.4) is 0 Å². The number of carbonyl (C=O) groups excluding carboxylic acids is 1. The third-order valence-corrected chi connectivity index (χ3v) is 4.83. The van der Waals surface area contributed by atoms with E-state index in [0.29, 0.717) is 16.0 Å². The lowest BCUT2D eigenvalue weighted by Crippen LogP contribution is -2.15. The van der Waals surface area contributed by atoms with E-state index in [1.165, 1.54) is 0 Å². The van der Waals surface area contributed by atoms with Crippen molar-refractivity contribution in [2.45, 2.75) is 5.16 Å². The van der Waals surface area contributed by atoms with Gasteiger partial charge in [-0.2, -0.15) is 0 Å². The van der Waals surface area contributed by atoms with Crippen LogP contribution in [0.25, 0.3) is 11.4 Å². The molecule has 0 fully saturated rings. The van der Waals surface area contributed by atoms with Crippen LogP contribution in [-0.4, -0.2) is 26.4 Å². The Kier molecular flexibility index (Phi) is 5.53. The lowest BCUT2D eigenvalue weighted by molar-refractivity contribution is -0.113. The Morgan fingerprint density at radius 3 is 2.77 bits per heavy atom. The highest BCUT2D eigenvalue weighted by molar-refractivity contribution is 7.99. The molecule has 1 N–H and O–H groups in total. The van der Waals surface area contributed by atoms with E-state index in [1.54, 1.807) is 17.7 Å². The molecular weight excluding hydrogens is 382 g/mol. The van der Waals surface area contributed by atoms with E-state index in [-0.39, 0.29) is 11.4 Å². The monoisotopic (exact) mass is 394 g/mol. The predicted octanol–water partition coefficient (Wildman–Crippen LogP) is 4.14. The molecule has 1 heterocycles. The summed E-state index contributed by atoms with van der Waals surface area (Å²) in [6.07, 6.45) is 0. The minimum absolute atomic E-state index is 0.0373. The third kappa shape index (κ3) is 4.03. The molecular formula is C17H13ClF2N4OS. The van der Waals surface area contributed by atoms with Crippen LogP contribution in [0.2, 0.25) is 5.02 Å². The predicted molar refractivity (Wildman–Crippen MR) is 97.2 cm³/mol. The Balaban J connectivity index is 1.68. The van der Waals surface area contributed by atoms with E-state index < -0.39 is 17.5 Å². The van der Waals surface area contributed by atoms with Crippen LogP contribution in [0.1, 0.15) is 0 Å². The highest BCUT2D eigenvalue weighted by Gasteiger charge is 2.15. The number of aromatic nitrogens is 3. The molecule has 9 heteroatoms. The zero-order valence-corrected chi connectivity index (χ0v) is 15.1. The molecule has 1 aromatic heterocycles. The van der Waals surface area contributed by atoms with E-state index in [0.717, 1.165) is 35.5 Å². The minimum atomic E-state index is -0.704. The van der Waals surface area contributed by atoms with Gasteiger partial charge in [-0.25, -0.2) is 8.78 Å². The van der Waals surface area contributed by atoms with Crippen molar-refractivity contribution in [1.82, 2.24) is 14.8 Å². The first-order valence-electron chi connectivity index (χ1n) is 7.47. The summed E-state index contributed by atoms with van der Waals surface area (Å²) >= 11 is 7.29. The fourth-order valence-corrected chi connectivity index (χ4v) is 3.16. The molecule has 1 amide bonds. The normalized spacial score (nSPS) is 10.8. The molecule has 3 rings (SSSR count). The smallest absolute Gasteiger partial charge is 0.234 e. The summed E-state index contributed by atoms with van der Waals surface area (Å²) in [5.41, 5.74) is 0.521. The zero-order valence-electron chi connectivity index (χ0n) is 13.5. The van der Waals surface area contributed by atoms with Crippen molar-refractivity contribution in [3.63, 3.8) is 0 Å². The van der Waals surface area contributed by atoms with Crippen LogP contribution in [0.15, 0.2) is 47.6 Å². The Morgan fingerprint density at radius 2 is 2.00 bits per heavy atom. The topological polar surface area (TPSA) is 59.8 Å². The minimum Gasteiger partial charge on any atom is -0.323 e. The summed E-state index contributed by atoms with van der Waals surface area (Å²) in [7, 11) is 1.76. The number of halogens is 3. The van der Waals surface area contributed by atoms with Crippen LogP contribution in [0.5, 0.6) is 0 Å². The van der Waals surface area contributed by atoms with Crippen LogP contribution in [0, 0.1) is 11.6 Å². The fraction of sp³-hybridized carbons (Fsp3) is 0.118. The number of benzene rings is 2. The Hall–Kier alpha value is -2.45. The van der Waals surface area contributed by atoms with Gasteiger partial charge in [-0.15, -0.1) is 10.2 Å². The fourth-order valence-electron chi connectivity index (χ4n) is 2.23. The summed E-state index contributed by atoms with van der Waals surface area (Å²) in [6.45, 7) is 0. The molecule has 0 saturated heterocycles. The molecule has 26 heavy (non-hydrogen) atoms. The van der Waals surface area contributed by atoms with Gasteiger partial charge in [-0.1, -0.05) is 35.5 Å². The van der Waals surface area contributed by atoms with E-state index in [4.69, 9.17) is 11.6 Å². The summed E-state index contributed by atoms with van der Waals surface area (Å²) in [4.78, 5) is 12.0. The van der Waals surface area contributed by atoms with E-state index in [2.05, 4.69) is 15.5 Å². The van der Waals surface area contributed by atoms with E-state index >= 15 is 0 Å². The van der Waals surface area contributed by atoms with Gasteiger partial charge in [0.1, 0.15) is 11.6 Å². The van der Waals surface area contributed by atoms with Gasteiger partial charge in [0, 0.05) is 18.7 Å². The van der Waals surface area contributed by atoms with E-state index in [9.17, 15) is 13.6 Å². The third-order valence-electron chi connectivity index (χ3n) is 3.48. The molecule has 0 atom stereocenters. The summed E-state index contributed by atoms with van der Waals surface area (Å²) in [5, 5.41) is 11.5. The maximum Gasteiger partial charge on any atom is 0.234 e. The van der Waals surface area contributed by atoms with Crippen molar-refractivity contribution in [2.75, 3.05) is 11.1 Å². The van der Waals surface area contributed by atoms with E-state index in [1.807, 2.05) is 18.2 Å². The Bertz CT molecular complexity index is 964. The molecule has 0 aliphatic rings. The van der Waals surface area contributed by atoms with Crippen molar-refractivity contribution < 1.29 is 13.6 Å². The molecule has 0 bridgehead atoms. The first-order valence-corrected chi connectivity index (χ1v) is 8.84. The largest absolute Gasteiger partial charge is 0.323 e. The summed E-state index contributed by atoms with van der Waals surface area (Å²) in [6, 6.07) is 10.1. The van der Waals surface area contributed by atoms with Crippen molar-refractivity contribution in [3.05, 3.63) is 59.1 Å². The molecule has 0 radical (unpaired) electrons. The van der Waals surface area contributed by atoms with Gasteiger partial charge in [-0.3, -0.25) is 4.79 Å². The van der Waals surface area contributed by atoms with Crippen molar-refractivity contribution in [1.29, 1.82) is 0 Å². The second-order valence-corrected chi connectivity index (χ2v) is 6.66. The maximum absolute atomic E-state index is 13.6. The van der Waals surface area contributed by atoms with Crippen LogP contribution >= 0.6 is 23.4 Å². The number of carbonyl (C=O) groups is 1. The maximum atomic E-state index is 13.6. The number of hydrogen-bond acceptors (Lipinski definition) is 4. The quantitative estimate of drug-likeness (QED) is 0.660. The van der Waals surface area contributed by atoms with Crippen LogP contribution in [0.4, 0.5) is 14.5 Å². The molecule has 134 valence electrons.